The van der Waals surface area contributed by atoms with Crippen LogP contribution in [0.15, 0.2) is 186 Å². The fourth-order valence-corrected chi connectivity index (χ4v) is 6.79. The Hall–Kier alpha value is -6.32. The Morgan fingerprint density at radius 1 is 0.383 bits per heavy atom. The van der Waals surface area contributed by atoms with E-state index in [1.807, 2.05) is 0 Å². The Kier molecular flexibility index (Phi) is 6.46. The molecule has 47 heavy (non-hydrogen) atoms. The maximum Gasteiger partial charge on any atom is 0.161 e. The molecule has 3 nitrogen and oxygen atoms in total. The molecule has 0 fully saturated rings. The smallest absolute Gasteiger partial charge is 0.161 e. The summed E-state index contributed by atoms with van der Waals surface area (Å²) in [5.74, 6) is 0. The van der Waals surface area contributed by atoms with Crippen LogP contribution in [0.4, 0.5) is 17.1 Å². The lowest BCUT2D eigenvalue weighted by atomic mass is 10.0. The van der Waals surface area contributed by atoms with Gasteiger partial charge in [0.25, 0.3) is 0 Å². The van der Waals surface area contributed by atoms with Gasteiger partial charge in [-0.25, -0.2) is 0 Å². The highest BCUT2D eigenvalue weighted by Gasteiger charge is 2.24. The molecule has 0 bridgehead atoms. The van der Waals surface area contributed by atoms with Crippen molar-refractivity contribution in [1.29, 1.82) is 0 Å². The first-order chi connectivity index (χ1) is 23.3. The second-order valence-electron chi connectivity index (χ2n) is 11.8. The summed E-state index contributed by atoms with van der Waals surface area (Å²) in [6.45, 7) is 0. The van der Waals surface area contributed by atoms with Crippen LogP contribution in [0.2, 0.25) is 0 Å². The number of furan rings is 1. The van der Waals surface area contributed by atoms with E-state index in [0.717, 1.165) is 55.7 Å². The third-order valence-corrected chi connectivity index (χ3v) is 9.00. The first-order valence-corrected chi connectivity index (χ1v) is 15.9. The SMILES string of the molecule is c1ccc(-c2ccc(N(c3ccc(-c4ccccc4)cc3)c3cccc4c3oc3c5ccccc5n(-c5ccccc5)c43)cc2)cc1. The van der Waals surface area contributed by atoms with Crippen molar-refractivity contribution in [2.24, 2.45) is 0 Å². The number of nitrogens with zero attached hydrogens (tertiary/aromatic N) is 2. The van der Waals surface area contributed by atoms with Gasteiger partial charge in [-0.1, -0.05) is 121 Å². The Morgan fingerprint density at radius 3 is 1.47 bits per heavy atom. The lowest BCUT2D eigenvalue weighted by Crippen LogP contribution is -2.10. The third kappa shape index (κ3) is 4.60. The molecule has 0 spiro atoms. The minimum Gasteiger partial charge on any atom is -0.451 e. The van der Waals surface area contributed by atoms with E-state index < -0.39 is 0 Å². The molecule has 222 valence electrons. The summed E-state index contributed by atoms with van der Waals surface area (Å²) in [7, 11) is 0. The molecule has 0 N–H and O–H groups in total. The Bertz CT molecular complexity index is 2390. The molecule has 0 aliphatic carbocycles. The van der Waals surface area contributed by atoms with Gasteiger partial charge in [0.05, 0.1) is 11.2 Å². The van der Waals surface area contributed by atoms with Gasteiger partial charge in [0, 0.05) is 27.8 Å². The van der Waals surface area contributed by atoms with Crippen LogP contribution in [0.1, 0.15) is 0 Å². The lowest BCUT2D eigenvalue weighted by Gasteiger charge is -2.26. The van der Waals surface area contributed by atoms with Gasteiger partial charge in [0.1, 0.15) is 5.52 Å². The summed E-state index contributed by atoms with van der Waals surface area (Å²) in [6.07, 6.45) is 0. The molecular weight excluding hydrogens is 572 g/mol. The zero-order chi connectivity index (χ0) is 31.2. The van der Waals surface area contributed by atoms with Crippen LogP contribution in [0, 0.1) is 0 Å². The van der Waals surface area contributed by atoms with Crippen LogP contribution in [-0.2, 0) is 0 Å². The van der Waals surface area contributed by atoms with Gasteiger partial charge < -0.3 is 13.9 Å². The number of hydrogen-bond acceptors (Lipinski definition) is 2. The number of para-hydroxylation sites is 3. The maximum absolute atomic E-state index is 6.95. The number of anilines is 3. The monoisotopic (exact) mass is 602 g/mol. The van der Waals surface area contributed by atoms with Crippen molar-refractivity contribution in [3.8, 4) is 27.9 Å². The van der Waals surface area contributed by atoms with Gasteiger partial charge in [0.2, 0.25) is 0 Å². The zero-order valence-corrected chi connectivity index (χ0v) is 25.6. The number of hydrogen-bond donors (Lipinski definition) is 0. The third-order valence-electron chi connectivity index (χ3n) is 9.00. The van der Waals surface area contributed by atoms with E-state index in [-0.39, 0.29) is 0 Å². The molecule has 0 amide bonds. The fourth-order valence-electron chi connectivity index (χ4n) is 6.79. The van der Waals surface area contributed by atoms with E-state index in [1.165, 1.54) is 22.3 Å². The predicted molar refractivity (Wildman–Crippen MR) is 196 cm³/mol. The summed E-state index contributed by atoms with van der Waals surface area (Å²) in [5.41, 5.74) is 12.9. The zero-order valence-electron chi connectivity index (χ0n) is 25.6. The van der Waals surface area contributed by atoms with Crippen LogP contribution >= 0.6 is 0 Å². The molecule has 0 aliphatic heterocycles. The summed E-state index contributed by atoms with van der Waals surface area (Å²) in [4.78, 5) is 2.31. The molecule has 2 aromatic heterocycles. The van der Waals surface area contributed by atoms with Crippen LogP contribution in [-0.4, -0.2) is 4.57 Å². The highest BCUT2D eigenvalue weighted by molar-refractivity contribution is 6.18. The minimum absolute atomic E-state index is 0.854. The Labute approximate surface area is 273 Å². The second kappa shape index (κ2) is 11.2. The minimum atomic E-state index is 0.854. The molecule has 2 heterocycles. The van der Waals surface area contributed by atoms with E-state index in [9.17, 15) is 0 Å². The molecule has 9 rings (SSSR count). The topological polar surface area (TPSA) is 21.3 Å². The maximum atomic E-state index is 6.95. The van der Waals surface area contributed by atoms with Crippen molar-refractivity contribution >= 4 is 50.0 Å². The summed E-state index contributed by atoms with van der Waals surface area (Å²) < 4.78 is 9.27. The number of benzene rings is 7. The van der Waals surface area contributed by atoms with Gasteiger partial charge >= 0.3 is 0 Å². The van der Waals surface area contributed by atoms with Crippen molar-refractivity contribution in [3.63, 3.8) is 0 Å². The molecule has 0 radical (unpaired) electrons. The molecule has 3 heteroatoms. The molecule has 0 saturated carbocycles. The predicted octanol–water partition coefficient (Wildman–Crippen LogP) is 12.3. The molecule has 9 aromatic rings. The van der Waals surface area contributed by atoms with Crippen molar-refractivity contribution in [3.05, 3.63) is 182 Å². The molecular formula is C44H30N2O. The molecule has 7 aromatic carbocycles. The first kappa shape index (κ1) is 27.0. The number of fused-ring (bicyclic) bond motifs is 5. The highest BCUT2D eigenvalue weighted by atomic mass is 16.3. The van der Waals surface area contributed by atoms with Crippen LogP contribution in [0.5, 0.6) is 0 Å². The van der Waals surface area contributed by atoms with Gasteiger partial charge in [0.15, 0.2) is 11.2 Å². The average molecular weight is 603 g/mol. The second-order valence-corrected chi connectivity index (χ2v) is 11.8. The highest BCUT2D eigenvalue weighted by Crippen LogP contribution is 2.45. The van der Waals surface area contributed by atoms with Gasteiger partial charge in [-0.3, -0.25) is 0 Å². The normalized spacial score (nSPS) is 11.4. The summed E-state index contributed by atoms with van der Waals surface area (Å²) in [6, 6.07) is 64.2. The first-order valence-electron chi connectivity index (χ1n) is 15.9. The van der Waals surface area contributed by atoms with Gasteiger partial charge in [-0.05, 0) is 82.9 Å². The van der Waals surface area contributed by atoms with Gasteiger partial charge in [-0.15, -0.1) is 0 Å². The van der Waals surface area contributed by atoms with Crippen LogP contribution in [0.3, 0.4) is 0 Å². The average Bonchev–Trinajstić information content (AvgIpc) is 3.69. The molecule has 0 aliphatic rings. The lowest BCUT2D eigenvalue weighted by molar-refractivity contribution is 0.673. The number of rotatable bonds is 6. The van der Waals surface area contributed by atoms with Crippen molar-refractivity contribution in [2.45, 2.75) is 0 Å². The summed E-state index contributed by atoms with van der Waals surface area (Å²) >= 11 is 0. The van der Waals surface area contributed by atoms with Crippen LogP contribution < -0.4 is 4.90 Å². The molecule has 0 unspecified atom stereocenters. The van der Waals surface area contributed by atoms with Crippen molar-refractivity contribution in [2.75, 3.05) is 4.90 Å². The van der Waals surface area contributed by atoms with E-state index in [0.29, 0.717) is 0 Å². The van der Waals surface area contributed by atoms with Crippen molar-refractivity contribution < 1.29 is 4.42 Å². The quantitative estimate of drug-likeness (QED) is 0.189. The summed E-state index contributed by atoms with van der Waals surface area (Å²) in [5, 5.41) is 2.17. The Morgan fingerprint density at radius 2 is 0.872 bits per heavy atom. The van der Waals surface area contributed by atoms with Crippen LogP contribution in [0.25, 0.3) is 60.9 Å². The fraction of sp³-hybridized carbons (Fsp3) is 0. The van der Waals surface area contributed by atoms with Crippen molar-refractivity contribution in [1.82, 2.24) is 4.57 Å². The molecule has 0 saturated heterocycles. The Balaban J connectivity index is 1.26. The van der Waals surface area contributed by atoms with E-state index in [1.54, 1.807) is 0 Å². The van der Waals surface area contributed by atoms with E-state index in [2.05, 4.69) is 191 Å². The largest absolute Gasteiger partial charge is 0.451 e. The number of aromatic nitrogens is 1. The van der Waals surface area contributed by atoms with E-state index in [4.69, 9.17) is 4.42 Å². The van der Waals surface area contributed by atoms with E-state index >= 15 is 0 Å². The van der Waals surface area contributed by atoms with Gasteiger partial charge in [-0.2, -0.15) is 0 Å². The molecule has 0 atom stereocenters. The standard InChI is InChI=1S/C44H30N2O/c1-4-13-31(14-5-1)33-23-27-36(28-24-33)45(37-29-25-34(26-30-37)32-15-6-2-7-16-32)41-22-12-20-39-42-44(47-43(39)41)38-19-10-11-21-40(38)46(42)35-17-8-3-9-18-35/h1-30H.